The third kappa shape index (κ3) is 4.19. The van der Waals surface area contributed by atoms with Crippen LogP contribution in [0.3, 0.4) is 0 Å². The van der Waals surface area contributed by atoms with E-state index in [1.54, 1.807) is 18.3 Å². The first-order valence-corrected chi connectivity index (χ1v) is 8.21. The Kier molecular flexibility index (Phi) is 5.08. The van der Waals surface area contributed by atoms with Crippen LogP contribution in [0.1, 0.15) is 12.5 Å². The lowest BCUT2D eigenvalue weighted by atomic mass is 10.1. The summed E-state index contributed by atoms with van der Waals surface area (Å²) < 4.78 is 39.3. The Bertz CT molecular complexity index is 711. The predicted molar refractivity (Wildman–Crippen MR) is 91.1 cm³/mol. The van der Waals surface area contributed by atoms with Crippen molar-refractivity contribution >= 4 is 17.5 Å². The molecule has 1 aliphatic rings. The van der Waals surface area contributed by atoms with E-state index in [0.29, 0.717) is 11.8 Å². The topological polar surface area (TPSA) is 44.3 Å². The number of nitrogens with one attached hydrogen (secondary N) is 1. The summed E-state index contributed by atoms with van der Waals surface area (Å²) in [6.07, 6.45) is -2.86. The Balaban J connectivity index is 1.77. The SMILES string of the molecule is CCN1CCN(c2nccc(Nc3ccccc3C(F)(F)F)n2)CC1. The average Bonchev–Trinajstić information content (AvgIpc) is 2.62. The zero-order valence-electron chi connectivity index (χ0n) is 13.9. The summed E-state index contributed by atoms with van der Waals surface area (Å²) >= 11 is 0. The molecule has 5 nitrogen and oxygen atoms in total. The zero-order valence-corrected chi connectivity index (χ0v) is 13.9. The molecule has 1 N–H and O–H groups in total. The number of hydrogen-bond acceptors (Lipinski definition) is 5. The largest absolute Gasteiger partial charge is 0.418 e. The van der Waals surface area contributed by atoms with Gasteiger partial charge in [-0.2, -0.15) is 18.2 Å². The summed E-state index contributed by atoms with van der Waals surface area (Å²) in [5.74, 6) is 0.880. The molecule has 0 saturated carbocycles. The molecule has 0 radical (unpaired) electrons. The van der Waals surface area contributed by atoms with Crippen LogP contribution < -0.4 is 10.2 Å². The summed E-state index contributed by atoms with van der Waals surface area (Å²) in [6.45, 7) is 6.58. The standard InChI is InChI=1S/C17H20F3N5/c1-2-24-9-11-25(12-10-24)16-21-8-7-15(23-16)22-14-6-4-3-5-13(14)17(18,19)20/h3-8H,2,9-12H2,1H3,(H,21,22,23). The molecule has 0 aliphatic carbocycles. The molecule has 1 saturated heterocycles. The smallest absolute Gasteiger partial charge is 0.340 e. The summed E-state index contributed by atoms with van der Waals surface area (Å²) in [6, 6.07) is 6.94. The molecule has 134 valence electrons. The molecule has 2 heterocycles. The lowest BCUT2D eigenvalue weighted by molar-refractivity contribution is -0.136. The maximum atomic E-state index is 13.1. The molecule has 0 spiro atoms. The Hall–Kier alpha value is -2.35. The summed E-state index contributed by atoms with van der Waals surface area (Å²) in [7, 11) is 0. The Morgan fingerprint density at radius 3 is 2.48 bits per heavy atom. The number of anilines is 3. The Morgan fingerprint density at radius 2 is 1.80 bits per heavy atom. The highest BCUT2D eigenvalue weighted by Gasteiger charge is 2.33. The number of likely N-dealkylation sites (N-methyl/N-ethyl adjacent to an activating group) is 1. The molecule has 0 bridgehead atoms. The molecular formula is C17H20F3N5. The molecule has 3 rings (SSSR count). The van der Waals surface area contributed by atoms with E-state index in [9.17, 15) is 13.2 Å². The van der Waals surface area contributed by atoms with E-state index in [2.05, 4.69) is 27.1 Å². The van der Waals surface area contributed by atoms with Crippen molar-refractivity contribution in [3.8, 4) is 0 Å². The lowest BCUT2D eigenvalue weighted by Crippen LogP contribution is -2.46. The quantitative estimate of drug-likeness (QED) is 0.915. The summed E-state index contributed by atoms with van der Waals surface area (Å²) in [5.41, 5.74) is -0.734. The van der Waals surface area contributed by atoms with Crippen molar-refractivity contribution in [1.29, 1.82) is 0 Å². The number of aromatic nitrogens is 2. The van der Waals surface area contributed by atoms with E-state index < -0.39 is 11.7 Å². The van der Waals surface area contributed by atoms with Crippen LogP contribution in [0.25, 0.3) is 0 Å². The van der Waals surface area contributed by atoms with Gasteiger partial charge in [-0.15, -0.1) is 0 Å². The normalized spacial score (nSPS) is 16.1. The second-order valence-corrected chi connectivity index (χ2v) is 5.83. The van der Waals surface area contributed by atoms with Crippen LogP contribution in [0, 0.1) is 0 Å². The third-order valence-corrected chi connectivity index (χ3v) is 4.24. The minimum atomic E-state index is -4.42. The number of benzene rings is 1. The fraction of sp³-hybridized carbons (Fsp3) is 0.412. The molecule has 0 atom stereocenters. The van der Waals surface area contributed by atoms with Crippen molar-refractivity contribution in [3.63, 3.8) is 0 Å². The fourth-order valence-corrected chi connectivity index (χ4v) is 2.81. The number of nitrogens with zero attached hydrogens (tertiary/aromatic N) is 4. The number of hydrogen-bond donors (Lipinski definition) is 1. The van der Waals surface area contributed by atoms with Crippen LogP contribution in [0.2, 0.25) is 0 Å². The van der Waals surface area contributed by atoms with Gasteiger partial charge in [-0.25, -0.2) is 4.98 Å². The Morgan fingerprint density at radius 1 is 1.08 bits per heavy atom. The lowest BCUT2D eigenvalue weighted by Gasteiger charge is -2.34. The fourth-order valence-electron chi connectivity index (χ4n) is 2.81. The molecule has 0 unspecified atom stereocenters. The molecule has 8 heteroatoms. The maximum Gasteiger partial charge on any atom is 0.418 e. The van der Waals surface area contributed by atoms with Crippen LogP contribution in [0.15, 0.2) is 36.5 Å². The van der Waals surface area contributed by atoms with Gasteiger partial charge in [0.2, 0.25) is 5.95 Å². The highest BCUT2D eigenvalue weighted by atomic mass is 19.4. The zero-order chi connectivity index (χ0) is 17.9. The van der Waals surface area contributed by atoms with Gasteiger partial charge in [0.15, 0.2) is 0 Å². The summed E-state index contributed by atoms with van der Waals surface area (Å²) in [4.78, 5) is 13.0. The van der Waals surface area contributed by atoms with Gasteiger partial charge in [0, 0.05) is 32.4 Å². The van der Waals surface area contributed by atoms with Crippen molar-refractivity contribution in [2.24, 2.45) is 0 Å². The van der Waals surface area contributed by atoms with Crippen molar-refractivity contribution in [1.82, 2.24) is 14.9 Å². The van der Waals surface area contributed by atoms with Crippen molar-refractivity contribution in [2.45, 2.75) is 13.1 Å². The molecule has 25 heavy (non-hydrogen) atoms. The first-order chi connectivity index (χ1) is 12.0. The number of piperazine rings is 1. The number of halogens is 3. The number of alkyl halides is 3. The van der Waals surface area contributed by atoms with Gasteiger partial charge in [0.05, 0.1) is 11.3 Å². The Labute approximate surface area is 144 Å². The van der Waals surface area contributed by atoms with Crippen LogP contribution in [-0.2, 0) is 6.18 Å². The molecule has 1 aliphatic heterocycles. The van der Waals surface area contributed by atoms with E-state index in [-0.39, 0.29) is 5.69 Å². The van der Waals surface area contributed by atoms with Crippen molar-refractivity contribution in [3.05, 3.63) is 42.1 Å². The maximum absolute atomic E-state index is 13.1. The second-order valence-electron chi connectivity index (χ2n) is 5.83. The van der Waals surface area contributed by atoms with Gasteiger partial charge in [0.25, 0.3) is 0 Å². The van der Waals surface area contributed by atoms with Crippen LogP contribution in [0.4, 0.5) is 30.6 Å². The molecular weight excluding hydrogens is 331 g/mol. The van der Waals surface area contributed by atoms with Gasteiger partial charge in [0.1, 0.15) is 5.82 Å². The first-order valence-electron chi connectivity index (χ1n) is 8.21. The monoisotopic (exact) mass is 351 g/mol. The van der Waals surface area contributed by atoms with Gasteiger partial charge in [-0.05, 0) is 24.7 Å². The molecule has 2 aromatic rings. The van der Waals surface area contributed by atoms with Crippen molar-refractivity contribution < 1.29 is 13.2 Å². The molecule has 1 aromatic carbocycles. The van der Waals surface area contributed by atoms with Gasteiger partial charge >= 0.3 is 6.18 Å². The van der Waals surface area contributed by atoms with Gasteiger partial charge in [-0.3, -0.25) is 0 Å². The van der Waals surface area contributed by atoms with E-state index in [1.165, 1.54) is 12.1 Å². The highest BCUT2D eigenvalue weighted by molar-refractivity contribution is 5.62. The van der Waals surface area contributed by atoms with Crippen LogP contribution in [-0.4, -0.2) is 47.6 Å². The van der Waals surface area contributed by atoms with Crippen molar-refractivity contribution in [2.75, 3.05) is 42.9 Å². The summed E-state index contributed by atoms with van der Waals surface area (Å²) in [5, 5.41) is 2.77. The van der Waals surface area contributed by atoms with Crippen LogP contribution >= 0.6 is 0 Å². The minimum Gasteiger partial charge on any atom is -0.340 e. The van der Waals surface area contributed by atoms with Gasteiger partial charge in [-0.1, -0.05) is 19.1 Å². The minimum absolute atomic E-state index is 0.0181. The van der Waals surface area contributed by atoms with E-state index in [0.717, 1.165) is 38.8 Å². The van der Waals surface area contributed by atoms with E-state index >= 15 is 0 Å². The molecule has 0 amide bonds. The second kappa shape index (κ2) is 7.26. The van der Waals surface area contributed by atoms with E-state index in [1.807, 2.05) is 4.90 Å². The molecule has 1 fully saturated rings. The van der Waals surface area contributed by atoms with E-state index in [4.69, 9.17) is 0 Å². The number of para-hydroxylation sites is 1. The van der Waals surface area contributed by atoms with Gasteiger partial charge < -0.3 is 15.1 Å². The number of rotatable bonds is 4. The predicted octanol–water partition coefficient (Wildman–Crippen LogP) is 3.38. The third-order valence-electron chi connectivity index (χ3n) is 4.24. The highest BCUT2D eigenvalue weighted by Crippen LogP contribution is 2.35. The first kappa shape index (κ1) is 17.5. The molecule has 1 aromatic heterocycles. The van der Waals surface area contributed by atoms with Crippen LogP contribution in [0.5, 0.6) is 0 Å². The average molecular weight is 351 g/mol.